The van der Waals surface area contributed by atoms with Gasteiger partial charge in [0.15, 0.2) is 0 Å². The molecule has 0 bridgehead atoms. The Balaban J connectivity index is 1.35. The first-order valence-corrected chi connectivity index (χ1v) is 11.7. The molecule has 6 heteroatoms. The van der Waals surface area contributed by atoms with Gasteiger partial charge in [-0.25, -0.2) is 4.98 Å². The van der Waals surface area contributed by atoms with Crippen LogP contribution in [0.25, 0.3) is 0 Å². The second kappa shape index (κ2) is 8.30. The van der Waals surface area contributed by atoms with Crippen LogP contribution in [0.1, 0.15) is 67.6 Å². The summed E-state index contributed by atoms with van der Waals surface area (Å²) in [6.45, 7) is 5.42. The molecule has 3 heterocycles. The monoisotopic (exact) mass is 423 g/mol. The largest absolute Gasteiger partial charge is 0.497 e. The number of likely N-dealkylation sites (tertiary alicyclic amines) is 1. The van der Waals surface area contributed by atoms with Crippen molar-refractivity contribution in [3.63, 3.8) is 0 Å². The quantitative estimate of drug-likeness (QED) is 0.730. The highest BCUT2D eigenvalue weighted by atomic mass is 16.5. The summed E-state index contributed by atoms with van der Waals surface area (Å²) >= 11 is 0. The lowest BCUT2D eigenvalue weighted by Gasteiger charge is -2.37. The Bertz CT molecular complexity index is 926. The number of benzene rings is 1. The van der Waals surface area contributed by atoms with Crippen LogP contribution in [-0.4, -0.2) is 53.8 Å². The first kappa shape index (κ1) is 20.6. The van der Waals surface area contributed by atoms with Crippen molar-refractivity contribution in [3.8, 4) is 5.75 Å². The van der Waals surface area contributed by atoms with E-state index in [0.717, 1.165) is 76.1 Å². The minimum Gasteiger partial charge on any atom is -0.497 e. The van der Waals surface area contributed by atoms with E-state index >= 15 is 0 Å². The molecule has 0 radical (unpaired) electrons. The lowest BCUT2D eigenvalue weighted by atomic mass is 9.92. The summed E-state index contributed by atoms with van der Waals surface area (Å²) in [7, 11) is 1.67. The molecule has 0 N–H and O–H groups in total. The first-order valence-electron chi connectivity index (χ1n) is 11.7. The van der Waals surface area contributed by atoms with Crippen molar-refractivity contribution < 1.29 is 14.3 Å². The molecular weight excluding hydrogens is 390 g/mol. The molecule has 3 fully saturated rings. The summed E-state index contributed by atoms with van der Waals surface area (Å²) in [6.07, 6.45) is 8.10. The summed E-state index contributed by atoms with van der Waals surface area (Å²) < 4.78 is 13.3. The first-order chi connectivity index (χ1) is 15.1. The molecule has 1 aliphatic carbocycles. The average molecular weight is 424 g/mol. The molecule has 6 nitrogen and oxygen atoms in total. The number of ether oxygens (including phenoxy) is 2. The topological polar surface area (TPSA) is 56.6 Å². The summed E-state index contributed by atoms with van der Waals surface area (Å²) in [4.78, 5) is 20.6. The van der Waals surface area contributed by atoms with E-state index in [9.17, 15) is 4.79 Å². The molecule has 5 rings (SSSR count). The number of methoxy groups -OCH3 is 1. The van der Waals surface area contributed by atoms with Crippen LogP contribution in [0.2, 0.25) is 0 Å². The molecule has 3 aliphatic rings. The molecule has 0 spiro atoms. The summed E-state index contributed by atoms with van der Waals surface area (Å²) in [5.74, 6) is 2.79. The number of imidazole rings is 1. The average Bonchev–Trinajstić information content (AvgIpc) is 3.55. The van der Waals surface area contributed by atoms with Gasteiger partial charge in [0.1, 0.15) is 11.6 Å². The normalized spacial score (nSPS) is 23.5. The fourth-order valence-electron chi connectivity index (χ4n) is 5.51. The Morgan fingerprint density at radius 1 is 1.16 bits per heavy atom. The lowest BCUT2D eigenvalue weighted by Crippen LogP contribution is -2.46. The summed E-state index contributed by atoms with van der Waals surface area (Å²) in [5.41, 5.74) is 2.00. The fourth-order valence-corrected chi connectivity index (χ4v) is 5.51. The molecule has 2 saturated heterocycles. The number of aromatic nitrogens is 2. The zero-order chi connectivity index (χ0) is 21.4. The summed E-state index contributed by atoms with van der Waals surface area (Å²) in [6, 6.07) is 8.38. The van der Waals surface area contributed by atoms with E-state index in [0.29, 0.717) is 17.9 Å². The van der Waals surface area contributed by atoms with Gasteiger partial charge in [0.25, 0.3) is 0 Å². The lowest BCUT2D eigenvalue weighted by molar-refractivity contribution is -0.135. The number of nitrogens with zero attached hydrogens (tertiary/aromatic N) is 3. The number of rotatable bonds is 5. The predicted molar refractivity (Wildman–Crippen MR) is 119 cm³/mol. The molecular formula is C25H33N3O3. The number of aryl methyl sites for hydroxylation is 1. The molecule has 2 aliphatic heterocycles. The van der Waals surface area contributed by atoms with Crippen LogP contribution in [0.4, 0.5) is 0 Å². The van der Waals surface area contributed by atoms with Crippen LogP contribution in [0.15, 0.2) is 30.5 Å². The van der Waals surface area contributed by atoms with E-state index in [2.05, 4.69) is 28.5 Å². The van der Waals surface area contributed by atoms with Crippen molar-refractivity contribution in [2.45, 2.75) is 62.8 Å². The zero-order valence-electron chi connectivity index (χ0n) is 18.7. The number of hydrogen-bond acceptors (Lipinski definition) is 4. The third kappa shape index (κ3) is 3.75. The third-order valence-corrected chi connectivity index (χ3v) is 7.45. The number of amides is 1. The molecule has 1 unspecified atom stereocenters. The van der Waals surface area contributed by atoms with Crippen LogP contribution < -0.4 is 4.74 Å². The van der Waals surface area contributed by atoms with Crippen LogP contribution in [0.5, 0.6) is 5.75 Å². The maximum Gasteiger partial charge on any atom is 0.233 e. The molecule has 2 aromatic rings. The zero-order valence-corrected chi connectivity index (χ0v) is 18.7. The smallest absolute Gasteiger partial charge is 0.233 e. The molecule has 1 atom stereocenters. The van der Waals surface area contributed by atoms with Gasteiger partial charge in [-0.2, -0.15) is 0 Å². The minimum absolute atomic E-state index is 0.299. The van der Waals surface area contributed by atoms with Gasteiger partial charge in [0.2, 0.25) is 5.91 Å². The van der Waals surface area contributed by atoms with Crippen molar-refractivity contribution in [1.82, 2.24) is 14.5 Å². The van der Waals surface area contributed by atoms with Crippen LogP contribution in [-0.2, 0) is 14.9 Å². The Hall–Kier alpha value is -2.34. The van der Waals surface area contributed by atoms with Gasteiger partial charge < -0.3 is 18.9 Å². The van der Waals surface area contributed by atoms with E-state index in [1.165, 1.54) is 11.5 Å². The van der Waals surface area contributed by atoms with Crippen molar-refractivity contribution >= 4 is 5.91 Å². The highest BCUT2D eigenvalue weighted by molar-refractivity contribution is 5.91. The van der Waals surface area contributed by atoms with Gasteiger partial charge in [-0.05, 0) is 63.1 Å². The highest BCUT2D eigenvalue weighted by Crippen LogP contribution is 2.50. The molecule has 1 saturated carbocycles. The second-order valence-electron chi connectivity index (χ2n) is 9.37. The number of piperidine rings is 1. The van der Waals surface area contributed by atoms with Gasteiger partial charge in [0.05, 0.1) is 18.6 Å². The maximum atomic E-state index is 13.7. The van der Waals surface area contributed by atoms with Crippen molar-refractivity contribution in [2.75, 3.05) is 33.4 Å². The SMILES string of the molecule is COc1ccc(C2(C(=O)N3CCCC(n4c(C)cnc4C4CCOCC4)C3)CC2)cc1. The molecule has 166 valence electrons. The van der Waals surface area contributed by atoms with Gasteiger partial charge in [0, 0.05) is 44.1 Å². The number of carbonyl (C=O) groups is 1. The molecule has 1 amide bonds. The number of carbonyl (C=O) groups excluding carboxylic acids is 1. The van der Waals surface area contributed by atoms with Crippen LogP contribution >= 0.6 is 0 Å². The number of hydrogen-bond donors (Lipinski definition) is 0. The van der Waals surface area contributed by atoms with E-state index in [-0.39, 0.29) is 5.41 Å². The third-order valence-electron chi connectivity index (χ3n) is 7.45. The second-order valence-corrected chi connectivity index (χ2v) is 9.37. The Kier molecular flexibility index (Phi) is 5.51. The molecule has 1 aromatic carbocycles. The standard InChI is InChI=1S/C25H33N3O3/c1-18-16-26-23(19-9-14-31-15-10-19)28(18)21-4-3-13-27(17-21)24(29)25(11-12-25)20-5-7-22(30-2)8-6-20/h5-8,16,19,21H,3-4,9-15,17H2,1-2H3. The Morgan fingerprint density at radius 3 is 2.58 bits per heavy atom. The van der Waals surface area contributed by atoms with E-state index < -0.39 is 0 Å². The molecule has 1 aromatic heterocycles. The van der Waals surface area contributed by atoms with Crippen molar-refractivity contribution in [1.29, 1.82) is 0 Å². The van der Waals surface area contributed by atoms with E-state index in [1.807, 2.05) is 18.3 Å². The van der Waals surface area contributed by atoms with Gasteiger partial charge in [-0.15, -0.1) is 0 Å². The van der Waals surface area contributed by atoms with Gasteiger partial charge in [-0.1, -0.05) is 12.1 Å². The molecule has 31 heavy (non-hydrogen) atoms. The van der Waals surface area contributed by atoms with Crippen molar-refractivity contribution in [3.05, 3.63) is 47.5 Å². The maximum absolute atomic E-state index is 13.7. The van der Waals surface area contributed by atoms with Crippen LogP contribution in [0, 0.1) is 6.92 Å². The van der Waals surface area contributed by atoms with E-state index in [4.69, 9.17) is 14.5 Å². The Labute approximate surface area is 184 Å². The Morgan fingerprint density at radius 2 is 1.90 bits per heavy atom. The highest BCUT2D eigenvalue weighted by Gasteiger charge is 2.53. The minimum atomic E-state index is -0.332. The van der Waals surface area contributed by atoms with Gasteiger partial charge >= 0.3 is 0 Å². The van der Waals surface area contributed by atoms with Crippen LogP contribution in [0.3, 0.4) is 0 Å². The van der Waals surface area contributed by atoms with E-state index in [1.54, 1.807) is 7.11 Å². The summed E-state index contributed by atoms with van der Waals surface area (Å²) in [5, 5.41) is 0. The fraction of sp³-hybridized carbons (Fsp3) is 0.600. The predicted octanol–water partition coefficient (Wildman–Crippen LogP) is 3.99. The van der Waals surface area contributed by atoms with Crippen molar-refractivity contribution in [2.24, 2.45) is 0 Å². The van der Waals surface area contributed by atoms with Gasteiger partial charge in [-0.3, -0.25) is 4.79 Å².